The Morgan fingerprint density at radius 1 is 1.09 bits per heavy atom. The monoisotopic (exact) mass is 571 g/mol. The molecule has 3 aromatic rings. The minimum atomic E-state index is -0.674. The molecular formula is C25H16BrCl2N3O2S. The smallest absolute Gasteiger partial charge is 0.269 e. The standard InChI is InChI=1S/C25H16BrCl2N3O2S/c26-16-8-6-15(7-9-16)12-22-24(33)31(18-4-2-1-3-5-18)25(34-22)19(14-29)23(32)30-21-13-17(27)10-11-20(21)28/h1-11,13,22H,12H2,(H,30,32). The van der Waals surface area contributed by atoms with E-state index in [-0.39, 0.29) is 27.2 Å². The molecule has 5 nitrogen and oxygen atoms in total. The number of halogens is 3. The summed E-state index contributed by atoms with van der Waals surface area (Å²) < 4.78 is 0.941. The lowest BCUT2D eigenvalue weighted by Gasteiger charge is -2.18. The van der Waals surface area contributed by atoms with Gasteiger partial charge in [0.2, 0.25) is 5.91 Å². The number of anilines is 2. The van der Waals surface area contributed by atoms with Gasteiger partial charge in [-0.1, -0.05) is 81.2 Å². The van der Waals surface area contributed by atoms with Gasteiger partial charge in [-0.15, -0.1) is 0 Å². The molecule has 9 heteroatoms. The number of amides is 2. The summed E-state index contributed by atoms with van der Waals surface area (Å²) in [6.45, 7) is 0. The van der Waals surface area contributed by atoms with Crippen molar-refractivity contribution in [1.29, 1.82) is 5.26 Å². The van der Waals surface area contributed by atoms with Crippen LogP contribution in [0.3, 0.4) is 0 Å². The number of para-hydroxylation sites is 1. The molecule has 1 N–H and O–H groups in total. The molecule has 1 aliphatic heterocycles. The highest BCUT2D eigenvalue weighted by Crippen LogP contribution is 2.42. The van der Waals surface area contributed by atoms with Crippen molar-refractivity contribution in [3.05, 3.63) is 103 Å². The second-order valence-corrected chi connectivity index (χ2v) is 10.3. The van der Waals surface area contributed by atoms with Crippen LogP contribution in [0.1, 0.15) is 5.56 Å². The van der Waals surface area contributed by atoms with Crippen molar-refractivity contribution in [2.24, 2.45) is 0 Å². The maximum Gasteiger partial charge on any atom is 0.269 e. The predicted octanol–water partition coefficient (Wildman–Crippen LogP) is 6.82. The van der Waals surface area contributed by atoms with E-state index in [4.69, 9.17) is 23.2 Å². The first kappa shape index (κ1) is 24.4. The Morgan fingerprint density at radius 3 is 2.47 bits per heavy atom. The third-order valence-electron chi connectivity index (χ3n) is 5.03. The fourth-order valence-electron chi connectivity index (χ4n) is 3.41. The summed E-state index contributed by atoms with van der Waals surface area (Å²) in [5.74, 6) is -0.873. The van der Waals surface area contributed by atoms with Gasteiger partial charge >= 0.3 is 0 Å². The summed E-state index contributed by atoms with van der Waals surface area (Å²) >= 11 is 16.8. The number of nitrogens with one attached hydrogen (secondary N) is 1. The van der Waals surface area contributed by atoms with Crippen LogP contribution >= 0.6 is 50.9 Å². The van der Waals surface area contributed by atoms with E-state index in [1.165, 1.54) is 22.7 Å². The van der Waals surface area contributed by atoms with Gasteiger partial charge in [0.15, 0.2) is 0 Å². The van der Waals surface area contributed by atoms with Crippen LogP contribution in [0.25, 0.3) is 0 Å². The second-order valence-electron chi connectivity index (χ2n) is 7.32. The summed E-state index contributed by atoms with van der Waals surface area (Å²) in [5.41, 5.74) is 1.64. The van der Waals surface area contributed by atoms with Gasteiger partial charge in [0.25, 0.3) is 5.91 Å². The van der Waals surface area contributed by atoms with Crippen molar-refractivity contribution in [3.8, 4) is 6.07 Å². The number of nitrogens with zero attached hydrogens (tertiary/aromatic N) is 2. The summed E-state index contributed by atoms with van der Waals surface area (Å²) in [7, 11) is 0. The minimum Gasteiger partial charge on any atom is -0.320 e. The third-order valence-corrected chi connectivity index (χ3v) is 7.39. The van der Waals surface area contributed by atoms with E-state index in [9.17, 15) is 14.9 Å². The quantitative estimate of drug-likeness (QED) is 0.269. The van der Waals surface area contributed by atoms with E-state index in [1.54, 1.807) is 36.4 Å². The Labute approximate surface area is 219 Å². The maximum atomic E-state index is 13.5. The van der Waals surface area contributed by atoms with Crippen molar-refractivity contribution in [1.82, 2.24) is 0 Å². The van der Waals surface area contributed by atoms with E-state index >= 15 is 0 Å². The second kappa shape index (κ2) is 10.7. The first-order valence-electron chi connectivity index (χ1n) is 10.1. The molecule has 2 amide bonds. The number of benzene rings is 3. The highest BCUT2D eigenvalue weighted by molar-refractivity contribution is 9.10. The van der Waals surface area contributed by atoms with Gasteiger partial charge in [0.05, 0.1) is 16.0 Å². The van der Waals surface area contributed by atoms with Crippen molar-refractivity contribution in [3.63, 3.8) is 0 Å². The van der Waals surface area contributed by atoms with Crippen molar-refractivity contribution >= 4 is 74.1 Å². The molecule has 0 bridgehead atoms. The number of thioether (sulfide) groups is 1. The molecule has 170 valence electrons. The SMILES string of the molecule is N#CC(C(=O)Nc1cc(Cl)ccc1Cl)=C1SC(Cc2ccc(Br)cc2)C(=O)N1c1ccccc1. The van der Waals surface area contributed by atoms with E-state index in [1.807, 2.05) is 36.4 Å². The van der Waals surface area contributed by atoms with E-state index in [0.717, 1.165) is 10.0 Å². The van der Waals surface area contributed by atoms with Crippen LogP contribution in [-0.4, -0.2) is 17.1 Å². The third kappa shape index (κ3) is 5.31. The zero-order valence-corrected chi connectivity index (χ0v) is 21.4. The van der Waals surface area contributed by atoms with Crippen LogP contribution < -0.4 is 10.2 Å². The van der Waals surface area contributed by atoms with Gasteiger partial charge < -0.3 is 5.32 Å². The number of hydrogen-bond acceptors (Lipinski definition) is 4. The zero-order valence-electron chi connectivity index (χ0n) is 17.5. The largest absolute Gasteiger partial charge is 0.320 e. The average Bonchev–Trinajstić information content (AvgIpc) is 3.14. The first-order valence-corrected chi connectivity index (χ1v) is 12.5. The van der Waals surface area contributed by atoms with Gasteiger partial charge in [0, 0.05) is 15.2 Å². The molecule has 1 unspecified atom stereocenters. The molecule has 0 spiro atoms. The van der Waals surface area contributed by atoms with E-state index < -0.39 is 11.2 Å². The number of carbonyl (C=O) groups is 2. The predicted molar refractivity (Wildman–Crippen MR) is 141 cm³/mol. The van der Waals surface area contributed by atoms with Gasteiger partial charge in [0.1, 0.15) is 16.7 Å². The van der Waals surface area contributed by atoms with Crippen LogP contribution in [0.15, 0.2) is 87.9 Å². The molecular weight excluding hydrogens is 557 g/mol. The maximum absolute atomic E-state index is 13.5. The normalized spacial score (nSPS) is 16.8. The highest BCUT2D eigenvalue weighted by atomic mass is 79.9. The Kier molecular flexibility index (Phi) is 7.64. The molecule has 1 atom stereocenters. The van der Waals surface area contributed by atoms with Crippen LogP contribution in [0, 0.1) is 11.3 Å². The highest BCUT2D eigenvalue weighted by Gasteiger charge is 2.40. The van der Waals surface area contributed by atoms with Gasteiger partial charge in [-0.3, -0.25) is 14.5 Å². The molecule has 4 rings (SSSR count). The van der Waals surface area contributed by atoms with Crippen LogP contribution in [0.4, 0.5) is 11.4 Å². The van der Waals surface area contributed by atoms with Crippen LogP contribution in [-0.2, 0) is 16.0 Å². The molecule has 3 aromatic carbocycles. The number of carbonyl (C=O) groups excluding carboxylic acids is 2. The van der Waals surface area contributed by atoms with Crippen LogP contribution in [0.5, 0.6) is 0 Å². The van der Waals surface area contributed by atoms with Crippen molar-refractivity contribution in [2.75, 3.05) is 10.2 Å². The molecule has 1 fully saturated rings. The van der Waals surface area contributed by atoms with Gasteiger partial charge in [-0.25, -0.2) is 0 Å². The summed E-state index contributed by atoms with van der Waals surface area (Å²) in [4.78, 5) is 28.0. The van der Waals surface area contributed by atoms with Gasteiger partial charge in [-0.2, -0.15) is 5.26 Å². The molecule has 1 heterocycles. The Balaban J connectivity index is 1.72. The van der Waals surface area contributed by atoms with E-state index in [0.29, 0.717) is 17.1 Å². The van der Waals surface area contributed by atoms with Crippen molar-refractivity contribution < 1.29 is 9.59 Å². The Hall–Kier alpha value is -2.76. The lowest BCUT2D eigenvalue weighted by atomic mass is 10.1. The first-order chi connectivity index (χ1) is 16.4. The Bertz CT molecular complexity index is 1320. The lowest BCUT2D eigenvalue weighted by molar-refractivity contribution is -0.117. The molecule has 1 aliphatic rings. The lowest BCUT2D eigenvalue weighted by Crippen LogP contribution is -2.30. The summed E-state index contributed by atoms with van der Waals surface area (Å²) in [6, 6.07) is 23.3. The van der Waals surface area contributed by atoms with E-state index in [2.05, 4.69) is 21.2 Å². The summed E-state index contributed by atoms with van der Waals surface area (Å²) in [5, 5.41) is 13.0. The minimum absolute atomic E-state index is 0.184. The number of hydrogen-bond donors (Lipinski definition) is 1. The molecule has 0 radical (unpaired) electrons. The molecule has 0 aromatic heterocycles. The fraction of sp³-hybridized carbons (Fsp3) is 0.0800. The molecule has 0 aliphatic carbocycles. The number of nitriles is 1. The topological polar surface area (TPSA) is 73.2 Å². The number of rotatable bonds is 5. The average molecular weight is 573 g/mol. The molecule has 34 heavy (non-hydrogen) atoms. The molecule has 1 saturated heterocycles. The summed E-state index contributed by atoms with van der Waals surface area (Å²) in [6.07, 6.45) is 0.448. The van der Waals surface area contributed by atoms with Gasteiger partial charge in [-0.05, 0) is 54.4 Å². The van der Waals surface area contributed by atoms with Crippen molar-refractivity contribution in [2.45, 2.75) is 11.7 Å². The van der Waals surface area contributed by atoms with Crippen LogP contribution in [0.2, 0.25) is 10.0 Å². The Morgan fingerprint density at radius 2 is 1.79 bits per heavy atom. The fourth-order valence-corrected chi connectivity index (χ4v) is 5.32. The zero-order chi connectivity index (χ0) is 24.2. The molecule has 0 saturated carbocycles.